The first kappa shape index (κ1) is 11.1. The quantitative estimate of drug-likeness (QED) is 0.639. The van der Waals surface area contributed by atoms with E-state index in [1.165, 1.54) is 5.56 Å². The van der Waals surface area contributed by atoms with E-state index in [4.69, 9.17) is 11.6 Å². The van der Waals surface area contributed by atoms with Crippen LogP contribution in [0.1, 0.15) is 32.3 Å². The van der Waals surface area contributed by atoms with Crippen molar-refractivity contribution in [2.24, 2.45) is 5.92 Å². The van der Waals surface area contributed by atoms with Crippen molar-refractivity contribution in [3.8, 4) is 11.8 Å². The molecule has 0 amide bonds. The number of hydrogen-bond acceptors (Lipinski definition) is 0. The lowest BCUT2D eigenvalue weighted by Crippen LogP contribution is -2.03. The molecule has 0 heterocycles. The molecule has 0 bridgehead atoms. The monoisotopic (exact) mass is 206 g/mol. The lowest BCUT2D eigenvalue weighted by atomic mass is 9.89. The van der Waals surface area contributed by atoms with Crippen LogP contribution in [0.25, 0.3) is 0 Å². The van der Waals surface area contributed by atoms with Gasteiger partial charge in [-0.2, -0.15) is 0 Å². The first-order valence-corrected chi connectivity index (χ1v) is 5.20. The van der Waals surface area contributed by atoms with Gasteiger partial charge in [-0.25, -0.2) is 0 Å². The van der Waals surface area contributed by atoms with E-state index in [2.05, 4.69) is 31.8 Å². The van der Waals surface area contributed by atoms with Gasteiger partial charge in [0.2, 0.25) is 0 Å². The maximum atomic E-state index is 5.93. The maximum absolute atomic E-state index is 5.93. The number of benzene rings is 1. The fourth-order valence-electron chi connectivity index (χ4n) is 1.43. The summed E-state index contributed by atoms with van der Waals surface area (Å²) in [6, 6.07) is 8.00. The Morgan fingerprint density at radius 2 is 2.00 bits per heavy atom. The summed E-state index contributed by atoms with van der Waals surface area (Å²) in [6.07, 6.45) is 0. The van der Waals surface area contributed by atoms with Gasteiger partial charge in [-0.15, -0.1) is 5.92 Å². The predicted molar refractivity (Wildman–Crippen MR) is 62.5 cm³/mol. The molecule has 1 aromatic rings. The van der Waals surface area contributed by atoms with Crippen molar-refractivity contribution in [2.45, 2.75) is 26.7 Å². The molecule has 0 spiro atoms. The molecule has 74 valence electrons. The molecule has 2 unspecified atom stereocenters. The molecular formula is C13H15Cl. The van der Waals surface area contributed by atoms with Gasteiger partial charge in [0.15, 0.2) is 0 Å². The number of halogens is 1. The topological polar surface area (TPSA) is 0 Å². The summed E-state index contributed by atoms with van der Waals surface area (Å²) in [5.41, 5.74) is 1.26. The fourth-order valence-corrected chi connectivity index (χ4v) is 1.63. The lowest BCUT2D eigenvalue weighted by Gasteiger charge is -2.15. The van der Waals surface area contributed by atoms with E-state index in [1.807, 2.05) is 25.1 Å². The van der Waals surface area contributed by atoms with E-state index >= 15 is 0 Å². The summed E-state index contributed by atoms with van der Waals surface area (Å²) >= 11 is 5.93. The zero-order valence-corrected chi connectivity index (χ0v) is 9.60. The van der Waals surface area contributed by atoms with E-state index in [0.717, 1.165) is 5.02 Å². The Labute approximate surface area is 91.3 Å². The van der Waals surface area contributed by atoms with Crippen LogP contribution >= 0.6 is 11.6 Å². The molecule has 2 atom stereocenters. The predicted octanol–water partition coefficient (Wildman–Crippen LogP) is 4.10. The number of hydrogen-bond donors (Lipinski definition) is 0. The molecule has 0 nitrogen and oxygen atoms in total. The third-order valence-corrected chi connectivity index (χ3v) is 2.73. The van der Waals surface area contributed by atoms with Crippen molar-refractivity contribution in [1.82, 2.24) is 0 Å². The lowest BCUT2D eigenvalue weighted by molar-refractivity contribution is 0.610. The first-order chi connectivity index (χ1) is 6.65. The smallest absolute Gasteiger partial charge is 0.0408 e. The highest BCUT2D eigenvalue weighted by Crippen LogP contribution is 2.25. The zero-order chi connectivity index (χ0) is 10.6. The summed E-state index contributed by atoms with van der Waals surface area (Å²) in [6.45, 7) is 6.20. The van der Waals surface area contributed by atoms with E-state index in [9.17, 15) is 0 Å². The minimum Gasteiger partial charge on any atom is -0.106 e. The maximum Gasteiger partial charge on any atom is 0.0408 e. The van der Waals surface area contributed by atoms with Gasteiger partial charge >= 0.3 is 0 Å². The minimum atomic E-state index is 0.374. The highest BCUT2D eigenvalue weighted by atomic mass is 35.5. The van der Waals surface area contributed by atoms with Crippen LogP contribution in [0.2, 0.25) is 5.02 Å². The average Bonchev–Trinajstić information content (AvgIpc) is 2.17. The fraction of sp³-hybridized carbons (Fsp3) is 0.385. The van der Waals surface area contributed by atoms with Gasteiger partial charge < -0.3 is 0 Å². The largest absolute Gasteiger partial charge is 0.106 e. The zero-order valence-electron chi connectivity index (χ0n) is 8.84. The summed E-state index contributed by atoms with van der Waals surface area (Å²) in [4.78, 5) is 0. The normalized spacial score (nSPS) is 14.0. The molecule has 1 heteroatoms. The molecule has 0 aromatic heterocycles. The standard InChI is InChI=1S/C13H15Cl/c1-4-6-10(2)11(3)12-7-5-8-13(14)9-12/h5,7-11H,1-3H3. The van der Waals surface area contributed by atoms with Gasteiger partial charge in [-0.1, -0.05) is 43.5 Å². The minimum absolute atomic E-state index is 0.374. The Hall–Kier alpha value is -0.930. The molecular weight excluding hydrogens is 192 g/mol. The number of rotatable bonds is 2. The SMILES string of the molecule is CC#CC(C)C(C)c1cccc(Cl)c1. The molecule has 0 N–H and O–H groups in total. The second-order valence-electron chi connectivity index (χ2n) is 3.53. The first-order valence-electron chi connectivity index (χ1n) is 4.83. The Balaban J connectivity index is 2.87. The van der Waals surface area contributed by atoms with Crippen LogP contribution in [0.15, 0.2) is 24.3 Å². The molecule has 14 heavy (non-hydrogen) atoms. The summed E-state index contributed by atoms with van der Waals surface area (Å²) in [5.74, 6) is 6.93. The van der Waals surface area contributed by atoms with Gasteiger partial charge in [-0.3, -0.25) is 0 Å². The van der Waals surface area contributed by atoms with Gasteiger partial charge in [0.25, 0.3) is 0 Å². The molecule has 0 aliphatic rings. The highest BCUT2D eigenvalue weighted by Gasteiger charge is 2.11. The summed E-state index contributed by atoms with van der Waals surface area (Å²) in [5, 5.41) is 0.797. The second kappa shape index (κ2) is 5.08. The van der Waals surface area contributed by atoms with Gasteiger partial charge in [0.05, 0.1) is 0 Å². The van der Waals surface area contributed by atoms with Crippen molar-refractivity contribution < 1.29 is 0 Å². The van der Waals surface area contributed by atoms with E-state index < -0.39 is 0 Å². The van der Waals surface area contributed by atoms with Crippen molar-refractivity contribution in [3.63, 3.8) is 0 Å². The second-order valence-corrected chi connectivity index (χ2v) is 3.96. The van der Waals surface area contributed by atoms with Gasteiger partial charge in [0.1, 0.15) is 0 Å². The van der Waals surface area contributed by atoms with Crippen LogP contribution in [0.3, 0.4) is 0 Å². The Kier molecular flexibility index (Phi) is 4.04. The Bertz CT molecular complexity index is 357. The van der Waals surface area contributed by atoms with Crippen LogP contribution < -0.4 is 0 Å². The molecule has 0 aliphatic heterocycles. The van der Waals surface area contributed by atoms with Crippen molar-refractivity contribution in [2.75, 3.05) is 0 Å². The van der Waals surface area contributed by atoms with Gasteiger partial charge in [-0.05, 0) is 30.5 Å². The third-order valence-electron chi connectivity index (χ3n) is 2.50. The van der Waals surface area contributed by atoms with Crippen LogP contribution in [0, 0.1) is 17.8 Å². The average molecular weight is 207 g/mol. The molecule has 0 radical (unpaired) electrons. The Morgan fingerprint density at radius 3 is 2.57 bits per heavy atom. The molecule has 0 aliphatic carbocycles. The molecule has 0 saturated carbocycles. The molecule has 1 aromatic carbocycles. The highest BCUT2D eigenvalue weighted by molar-refractivity contribution is 6.30. The van der Waals surface area contributed by atoms with Crippen LogP contribution in [-0.4, -0.2) is 0 Å². The van der Waals surface area contributed by atoms with E-state index in [0.29, 0.717) is 11.8 Å². The molecule has 0 saturated heterocycles. The van der Waals surface area contributed by atoms with Crippen molar-refractivity contribution >= 4 is 11.6 Å². The Morgan fingerprint density at radius 1 is 1.29 bits per heavy atom. The van der Waals surface area contributed by atoms with Crippen LogP contribution in [0.4, 0.5) is 0 Å². The van der Waals surface area contributed by atoms with Crippen LogP contribution in [0.5, 0.6) is 0 Å². The van der Waals surface area contributed by atoms with Gasteiger partial charge in [0, 0.05) is 10.9 Å². The van der Waals surface area contributed by atoms with Crippen LogP contribution in [-0.2, 0) is 0 Å². The molecule has 1 rings (SSSR count). The van der Waals surface area contributed by atoms with Crippen molar-refractivity contribution in [1.29, 1.82) is 0 Å². The van der Waals surface area contributed by atoms with Crippen molar-refractivity contribution in [3.05, 3.63) is 34.9 Å². The van der Waals surface area contributed by atoms with E-state index in [-0.39, 0.29) is 0 Å². The third kappa shape index (κ3) is 2.79. The summed E-state index contributed by atoms with van der Waals surface area (Å²) in [7, 11) is 0. The van der Waals surface area contributed by atoms with E-state index in [1.54, 1.807) is 0 Å². The summed E-state index contributed by atoms with van der Waals surface area (Å²) < 4.78 is 0. The molecule has 0 fully saturated rings.